The Bertz CT molecular complexity index is 1590. The number of anilines is 3. The minimum Gasteiger partial charge on any atom is -0.491 e. The molecule has 0 saturated carbocycles. The van der Waals surface area contributed by atoms with Crippen LogP contribution in [0.1, 0.15) is 25.8 Å². The number of nitrogens with one attached hydrogen (secondary N) is 1. The number of halogens is 2. The second kappa shape index (κ2) is 13.6. The molecule has 0 saturated heterocycles. The third-order valence-electron chi connectivity index (χ3n) is 7.05. The molecule has 1 aromatic heterocycles. The van der Waals surface area contributed by atoms with Gasteiger partial charge < -0.3 is 24.6 Å². The second-order valence-electron chi connectivity index (χ2n) is 9.83. The van der Waals surface area contributed by atoms with Gasteiger partial charge in [0.05, 0.1) is 22.8 Å². The van der Waals surface area contributed by atoms with Crippen LogP contribution >= 0.6 is 11.6 Å². The van der Waals surface area contributed by atoms with E-state index in [4.69, 9.17) is 21.1 Å². The fourth-order valence-corrected chi connectivity index (χ4v) is 4.98. The first-order valence-corrected chi connectivity index (χ1v) is 14.4. The van der Waals surface area contributed by atoms with Gasteiger partial charge in [-0.1, -0.05) is 43.7 Å². The number of hydrogen-bond donors (Lipinski definition) is 1. The van der Waals surface area contributed by atoms with E-state index in [0.29, 0.717) is 70.9 Å². The van der Waals surface area contributed by atoms with Gasteiger partial charge in [-0.25, -0.2) is 14.4 Å². The summed E-state index contributed by atoms with van der Waals surface area (Å²) in [4.78, 5) is 26.2. The van der Waals surface area contributed by atoms with Gasteiger partial charge in [-0.15, -0.1) is 0 Å². The number of hydrogen-bond acceptors (Lipinski definition) is 7. The molecule has 218 valence electrons. The lowest BCUT2D eigenvalue weighted by molar-refractivity contribution is -0.114. The standard InChI is InChI=1S/C32H33ClFN5O3/c1-3-38(4-2)13-6-10-31(40)39-14-7-15-41-30-19-27-25(18-28(30)39)32(36-21-35-27)37-24-11-12-29(26(33)17-24)42-20-22-8-5-9-23(34)16-22/h5-6,8-12,16-19,21H,3-4,7,13-15,20H2,1-2H3,(H,35,36,37). The van der Waals surface area contributed by atoms with Crippen LogP contribution < -0.4 is 19.7 Å². The molecule has 0 atom stereocenters. The summed E-state index contributed by atoms with van der Waals surface area (Å²) >= 11 is 6.52. The number of likely N-dealkylation sites (N-methyl/N-ethyl adjacent to an activating group) is 1. The Morgan fingerprint density at radius 2 is 2.02 bits per heavy atom. The smallest absolute Gasteiger partial charge is 0.250 e. The van der Waals surface area contributed by atoms with Gasteiger partial charge >= 0.3 is 0 Å². The van der Waals surface area contributed by atoms with Gasteiger partial charge in [0.25, 0.3) is 5.91 Å². The van der Waals surface area contributed by atoms with E-state index < -0.39 is 0 Å². The molecule has 0 aliphatic carbocycles. The molecule has 3 aromatic carbocycles. The maximum absolute atomic E-state index is 13.5. The molecular weight excluding hydrogens is 557 g/mol. The van der Waals surface area contributed by atoms with Crippen LogP contribution in [0.15, 0.2) is 73.1 Å². The molecule has 0 fully saturated rings. The van der Waals surface area contributed by atoms with Crippen LogP contribution in [-0.2, 0) is 11.4 Å². The predicted molar refractivity (Wildman–Crippen MR) is 164 cm³/mol. The summed E-state index contributed by atoms with van der Waals surface area (Å²) in [5.74, 6) is 1.23. The fraction of sp³-hybridized carbons (Fsp3) is 0.281. The van der Waals surface area contributed by atoms with E-state index in [-0.39, 0.29) is 18.3 Å². The summed E-state index contributed by atoms with van der Waals surface area (Å²) in [7, 11) is 0. The third-order valence-corrected chi connectivity index (χ3v) is 7.35. The molecule has 8 nitrogen and oxygen atoms in total. The monoisotopic (exact) mass is 589 g/mol. The Hall–Kier alpha value is -4.21. The molecule has 4 aromatic rings. The normalized spacial score (nSPS) is 13.2. The van der Waals surface area contributed by atoms with Gasteiger partial charge in [-0.2, -0.15) is 0 Å². The van der Waals surface area contributed by atoms with E-state index in [9.17, 15) is 9.18 Å². The Labute approximate surface area is 249 Å². The van der Waals surface area contributed by atoms with Gasteiger partial charge in [0.1, 0.15) is 36.1 Å². The number of carbonyl (C=O) groups is 1. The second-order valence-corrected chi connectivity index (χ2v) is 10.2. The fourth-order valence-electron chi connectivity index (χ4n) is 4.75. The number of rotatable bonds is 10. The molecular formula is C32H33ClFN5O3. The van der Waals surface area contributed by atoms with Crippen LogP contribution in [0, 0.1) is 5.82 Å². The summed E-state index contributed by atoms with van der Waals surface area (Å²) in [6.45, 7) is 8.00. The van der Waals surface area contributed by atoms with E-state index in [2.05, 4.69) is 34.0 Å². The van der Waals surface area contributed by atoms with Crippen LogP contribution in [0.25, 0.3) is 10.9 Å². The van der Waals surface area contributed by atoms with Crippen LogP contribution in [0.5, 0.6) is 11.5 Å². The van der Waals surface area contributed by atoms with E-state index in [1.165, 1.54) is 18.5 Å². The first-order chi connectivity index (χ1) is 20.4. The number of carbonyl (C=O) groups excluding carboxylic acids is 1. The topological polar surface area (TPSA) is 79.8 Å². The van der Waals surface area contributed by atoms with Gasteiger partial charge in [-0.05, 0) is 61.5 Å². The van der Waals surface area contributed by atoms with Crippen molar-refractivity contribution in [3.8, 4) is 11.5 Å². The van der Waals surface area contributed by atoms with Crippen LogP contribution in [-0.4, -0.2) is 53.6 Å². The van der Waals surface area contributed by atoms with Crippen LogP contribution in [0.3, 0.4) is 0 Å². The highest BCUT2D eigenvalue weighted by molar-refractivity contribution is 6.32. The van der Waals surface area contributed by atoms with Gasteiger partial charge in [0, 0.05) is 36.3 Å². The maximum atomic E-state index is 13.5. The SMILES string of the molecule is CCN(CC)CC=CC(=O)N1CCCOc2cc3ncnc(Nc4ccc(OCc5cccc(F)c5)c(Cl)c4)c3cc21. The molecule has 1 aliphatic rings. The highest BCUT2D eigenvalue weighted by Crippen LogP contribution is 2.38. The molecule has 2 heterocycles. The van der Waals surface area contributed by atoms with Crippen molar-refractivity contribution in [2.75, 3.05) is 43.0 Å². The molecule has 42 heavy (non-hydrogen) atoms. The predicted octanol–water partition coefficient (Wildman–Crippen LogP) is 6.76. The van der Waals surface area contributed by atoms with Crippen molar-refractivity contribution in [1.82, 2.24) is 14.9 Å². The molecule has 1 N–H and O–H groups in total. The van der Waals surface area contributed by atoms with Crippen molar-refractivity contribution in [3.05, 3.63) is 89.5 Å². The van der Waals surface area contributed by atoms with Crippen molar-refractivity contribution in [2.24, 2.45) is 0 Å². The van der Waals surface area contributed by atoms with Crippen LogP contribution in [0.4, 0.5) is 21.6 Å². The zero-order valence-electron chi connectivity index (χ0n) is 23.6. The molecule has 0 radical (unpaired) electrons. The summed E-state index contributed by atoms with van der Waals surface area (Å²) in [5.41, 5.74) is 2.75. The zero-order chi connectivity index (χ0) is 29.5. The molecule has 10 heteroatoms. The first-order valence-electron chi connectivity index (χ1n) is 14.0. The number of aromatic nitrogens is 2. The van der Waals surface area contributed by atoms with Crippen molar-refractivity contribution >= 4 is 45.6 Å². The minimum atomic E-state index is -0.318. The average molecular weight is 590 g/mol. The number of benzene rings is 3. The lowest BCUT2D eigenvalue weighted by atomic mass is 10.1. The number of nitrogens with zero attached hydrogens (tertiary/aromatic N) is 4. The highest BCUT2D eigenvalue weighted by atomic mass is 35.5. The Morgan fingerprint density at radius 3 is 2.81 bits per heavy atom. The van der Waals surface area contributed by atoms with Crippen molar-refractivity contribution in [1.29, 1.82) is 0 Å². The van der Waals surface area contributed by atoms with Gasteiger partial charge in [0.2, 0.25) is 0 Å². The minimum absolute atomic E-state index is 0.0970. The molecule has 5 rings (SSSR count). The summed E-state index contributed by atoms with van der Waals surface area (Å²) in [6.07, 6.45) is 5.74. The summed E-state index contributed by atoms with van der Waals surface area (Å²) < 4.78 is 25.3. The van der Waals surface area contributed by atoms with E-state index >= 15 is 0 Å². The molecule has 0 bridgehead atoms. The molecule has 0 unspecified atom stereocenters. The van der Waals surface area contributed by atoms with E-state index in [1.54, 1.807) is 35.2 Å². The lowest BCUT2D eigenvalue weighted by Gasteiger charge is -2.21. The summed E-state index contributed by atoms with van der Waals surface area (Å²) in [5, 5.41) is 4.44. The van der Waals surface area contributed by atoms with Crippen LogP contribution in [0.2, 0.25) is 5.02 Å². The Balaban J connectivity index is 1.38. The average Bonchev–Trinajstić information content (AvgIpc) is 3.20. The van der Waals surface area contributed by atoms with E-state index in [0.717, 1.165) is 18.5 Å². The number of fused-ring (bicyclic) bond motifs is 2. The Kier molecular flexibility index (Phi) is 9.51. The zero-order valence-corrected chi connectivity index (χ0v) is 24.4. The first kappa shape index (κ1) is 29.3. The van der Waals surface area contributed by atoms with Crippen molar-refractivity contribution in [3.63, 3.8) is 0 Å². The quantitative estimate of drug-likeness (QED) is 0.205. The van der Waals surface area contributed by atoms with Crippen molar-refractivity contribution < 1.29 is 18.7 Å². The summed E-state index contributed by atoms with van der Waals surface area (Å²) in [6, 6.07) is 15.3. The molecule has 0 spiro atoms. The number of amides is 1. The number of ether oxygens (including phenoxy) is 2. The largest absolute Gasteiger partial charge is 0.491 e. The third kappa shape index (κ3) is 6.98. The lowest BCUT2D eigenvalue weighted by Crippen LogP contribution is -2.30. The van der Waals surface area contributed by atoms with E-state index in [1.807, 2.05) is 24.3 Å². The van der Waals surface area contributed by atoms with Crippen molar-refractivity contribution in [2.45, 2.75) is 26.9 Å². The highest BCUT2D eigenvalue weighted by Gasteiger charge is 2.23. The molecule has 1 amide bonds. The Morgan fingerprint density at radius 1 is 1.17 bits per heavy atom. The molecule has 1 aliphatic heterocycles. The maximum Gasteiger partial charge on any atom is 0.250 e. The van der Waals surface area contributed by atoms with Gasteiger partial charge in [-0.3, -0.25) is 4.79 Å². The van der Waals surface area contributed by atoms with Gasteiger partial charge in [0.15, 0.2) is 0 Å².